The smallest absolute Gasteiger partial charge is 0.339 e. The minimum absolute atomic E-state index is 0.0281. The maximum absolute atomic E-state index is 12.7. The lowest BCUT2D eigenvalue weighted by Crippen LogP contribution is -3.32. The lowest BCUT2D eigenvalue weighted by molar-refractivity contribution is -1.04. The van der Waals surface area contributed by atoms with Gasteiger partial charge in [-0.25, -0.2) is 4.79 Å². The van der Waals surface area contributed by atoms with E-state index in [1.807, 2.05) is 11.0 Å². The first-order chi connectivity index (χ1) is 14.5. The Morgan fingerprint density at radius 3 is 2.20 bits per heavy atom. The van der Waals surface area contributed by atoms with Crippen LogP contribution in [0.1, 0.15) is 48.9 Å². The minimum Gasteiger partial charge on any atom is -0.465 e. The molecule has 3 N–H and O–H groups in total. The molecule has 4 aliphatic carbocycles. The van der Waals surface area contributed by atoms with E-state index in [9.17, 15) is 9.59 Å². The predicted molar refractivity (Wildman–Crippen MR) is 114 cm³/mol. The Hall–Kier alpha value is -1.92. The normalized spacial score (nSPS) is 37.0. The van der Waals surface area contributed by atoms with E-state index in [4.69, 9.17) is 4.74 Å². The van der Waals surface area contributed by atoms with Gasteiger partial charge in [-0.05, 0) is 49.1 Å². The second-order valence-corrected chi connectivity index (χ2v) is 10.3. The molecule has 162 valence electrons. The largest absolute Gasteiger partial charge is 0.465 e. The maximum atomic E-state index is 12.7. The molecule has 6 heteroatoms. The summed E-state index contributed by atoms with van der Waals surface area (Å²) in [5.74, 6) is 2.53. The number of anilines is 1. The monoisotopic (exact) mass is 413 g/mol. The van der Waals surface area contributed by atoms with Crippen LogP contribution >= 0.6 is 0 Å². The molecule has 6 rings (SSSR count). The second kappa shape index (κ2) is 7.97. The molecule has 1 saturated heterocycles. The molecule has 1 aliphatic heterocycles. The number of carbonyl (C=O) groups is 2. The van der Waals surface area contributed by atoms with Crippen molar-refractivity contribution in [3.63, 3.8) is 0 Å². The van der Waals surface area contributed by atoms with E-state index >= 15 is 0 Å². The summed E-state index contributed by atoms with van der Waals surface area (Å²) < 4.78 is 4.82. The molecule has 5 aliphatic rings. The van der Waals surface area contributed by atoms with E-state index in [-0.39, 0.29) is 5.91 Å². The number of amides is 1. The van der Waals surface area contributed by atoms with Crippen molar-refractivity contribution in [2.24, 2.45) is 17.8 Å². The van der Waals surface area contributed by atoms with E-state index in [0.717, 1.165) is 30.8 Å². The molecule has 30 heavy (non-hydrogen) atoms. The first-order valence-electron chi connectivity index (χ1n) is 11.7. The van der Waals surface area contributed by atoms with E-state index < -0.39 is 5.97 Å². The van der Waals surface area contributed by atoms with Gasteiger partial charge in [0.05, 0.1) is 23.9 Å². The molecule has 5 fully saturated rings. The average Bonchev–Trinajstić information content (AvgIpc) is 2.73. The molecule has 0 spiro atoms. The Kier molecular flexibility index (Phi) is 5.31. The third-order valence-electron chi connectivity index (χ3n) is 8.37. The van der Waals surface area contributed by atoms with Crippen LogP contribution in [0.5, 0.6) is 0 Å². The predicted octanol–water partition coefficient (Wildman–Crippen LogP) is 0.164. The van der Waals surface area contributed by atoms with E-state index in [2.05, 4.69) is 5.32 Å². The summed E-state index contributed by atoms with van der Waals surface area (Å²) in [5.41, 5.74) is 1.49. The number of ether oxygens (including phenoxy) is 1. The van der Waals surface area contributed by atoms with Gasteiger partial charge < -0.3 is 19.9 Å². The Morgan fingerprint density at radius 2 is 1.60 bits per heavy atom. The summed E-state index contributed by atoms with van der Waals surface area (Å²) in [6.07, 6.45) is 8.85. The molecule has 0 unspecified atom stereocenters. The van der Waals surface area contributed by atoms with Crippen LogP contribution in [0.15, 0.2) is 24.3 Å². The van der Waals surface area contributed by atoms with Crippen molar-refractivity contribution in [2.75, 3.05) is 45.2 Å². The Morgan fingerprint density at radius 1 is 1.00 bits per heavy atom. The summed E-state index contributed by atoms with van der Waals surface area (Å²) in [6, 6.07) is 7.04. The number of benzene rings is 1. The lowest BCUT2D eigenvalue weighted by Gasteiger charge is -2.58. The van der Waals surface area contributed by atoms with Crippen molar-refractivity contribution >= 4 is 17.6 Å². The zero-order chi connectivity index (χ0) is 20.7. The van der Waals surface area contributed by atoms with Crippen molar-refractivity contribution < 1.29 is 24.1 Å². The van der Waals surface area contributed by atoms with Crippen LogP contribution < -0.4 is 15.1 Å². The van der Waals surface area contributed by atoms with E-state index in [0.29, 0.717) is 23.3 Å². The number of hydrogen-bond donors (Lipinski definition) is 3. The van der Waals surface area contributed by atoms with E-state index in [1.165, 1.54) is 63.6 Å². The van der Waals surface area contributed by atoms with Crippen molar-refractivity contribution in [1.82, 2.24) is 0 Å². The van der Waals surface area contributed by atoms with Crippen LogP contribution in [-0.2, 0) is 9.53 Å². The molecule has 6 nitrogen and oxygen atoms in total. The van der Waals surface area contributed by atoms with Crippen molar-refractivity contribution in [1.29, 1.82) is 0 Å². The fourth-order valence-corrected chi connectivity index (χ4v) is 7.46. The number of para-hydroxylation sites is 1. The third-order valence-corrected chi connectivity index (χ3v) is 8.37. The van der Waals surface area contributed by atoms with Gasteiger partial charge in [-0.2, -0.15) is 0 Å². The van der Waals surface area contributed by atoms with Crippen LogP contribution in [-0.4, -0.2) is 57.2 Å². The highest BCUT2D eigenvalue weighted by Crippen LogP contribution is 2.54. The van der Waals surface area contributed by atoms with Crippen molar-refractivity contribution in [3.05, 3.63) is 29.8 Å². The molecule has 0 radical (unpaired) electrons. The number of quaternary nitrogens is 2. The summed E-state index contributed by atoms with van der Waals surface area (Å²) in [6.45, 7) is 4.96. The van der Waals surface area contributed by atoms with Crippen LogP contribution in [0.3, 0.4) is 0 Å². The average molecular weight is 414 g/mol. The quantitative estimate of drug-likeness (QED) is 0.603. The minimum atomic E-state index is -0.425. The van der Waals surface area contributed by atoms with Gasteiger partial charge in [0.25, 0.3) is 5.91 Å². The van der Waals surface area contributed by atoms with Gasteiger partial charge in [-0.1, -0.05) is 12.1 Å². The highest BCUT2D eigenvalue weighted by molar-refractivity contribution is 6.01. The number of methoxy groups -OCH3 is 1. The molecule has 0 aromatic heterocycles. The number of esters is 1. The van der Waals surface area contributed by atoms with Crippen LogP contribution in [0.25, 0.3) is 0 Å². The van der Waals surface area contributed by atoms with Crippen LogP contribution in [0.2, 0.25) is 0 Å². The molecule has 1 aromatic rings. The number of hydrogen-bond acceptors (Lipinski definition) is 3. The highest BCUT2D eigenvalue weighted by Gasteiger charge is 2.56. The number of nitrogens with one attached hydrogen (secondary N) is 3. The molecule has 4 saturated carbocycles. The number of carbonyl (C=O) groups excluding carboxylic acids is 2. The first kappa shape index (κ1) is 20.0. The van der Waals surface area contributed by atoms with Crippen LogP contribution in [0.4, 0.5) is 5.69 Å². The van der Waals surface area contributed by atoms with Crippen molar-refractivity contribution in [3.8, 4) is 0 Å². The van der Waals surface area contributed by atoms with Gasteiger partial charge in [0.15, 0.2) is 6.54 Å². The zero-order valence-electron chi connectivity index (χ0n) is 18.0. The molecular formula is C24H35N3O3+2. The lowest BCUT2D eigenvalue weighted by atomic mass is 9.52. The SMILES string of the molecule is COC(=O)c1ccccc1NC(=O)C[NH+]1CC[NH+](C23CC4CC(CC(C4)C2)C3)CC1. The van der Waals surface area contributed by atoms with Gasteiger partial charge in [0.1, 0.15) is 26.2 Å². The molecule has 1 aromatic carbocycles. The topological polar surface area (TPSA) is 64.3 Å². The summed E-state index contributed by atoms with van der Waals surface area (Å²) in [4.78, 5) is 27.8. The fraction of sp³-hybridized carbons (Fsp3) is 0.667. The summed E-state index contributed by atoms with van der Waals surface area (Å²) >= 11 is 0. The zero-order valence-corrected chi connectivity index (χ0v) is 18.0. The van der Waals surface area contributed by atoms with Gasteiger partial charge in [0.2, 0.25) is 0 Å². The molecule has 1 amide bonds. The van der Waals surface area contributed by atoms with Gasteiger partial charge in [-0.15, -0.1) is 0 Å². The van der Waals surface area contributed by atoms with Crippen molar-refractivity contribution in [2.45, 2.75) is 44.1 Å². The second-order valence-electron chi connectivity index (χ2n) is 10.3. The number of rotatable bonds is 5. The molecule has 4 bridgehead atoms. The van der Waals surface area contributed by atoms with Gasteiger partial charge in [0, 0.05) is 19.3 Å². The van der Waals surface area contributed by atoms with Gasteiger partial charge in [-0.3, -0.25) is 4.79 Å². The Labute approximate surface area is 178 Å². The maximum Gasteiger partial charge on any atom is 0.339 e. The Bertz CT molecular complexity index is 780. The molecule has 0 atom stereocenters. The third kappa shape index (κ3) is 3.76. The fourth-order valence-electron chi connectivity index (χ4n) is 7.46. The van der Waals surface area contributed by atoms with E-state index in [1.54, 1.807) is 18.2 Å². The Balaban J connectivity index is 1.16. The van der Waals surface area contributed by atoms with Crippen LogP contribution in [0, 0.1) is 17.8 Å². The first-order valence-corrected chi connectivity index (χ1v) is 11.7. The molecule has 1 heterocycles. The summed E-state index contributed by atoms with van der Waals surface area (Å²) in [5, 5.41) is 2.93. The van der Waals surface area contributed by atoms with Gasteiger partial charge >= 0.3 is 5.97 Å². The highest BCUT2D eigenvalue weighted by atomic mass is 16.5. The molecular weight excluding hydrogens is 378 g/mol. The number of piperazine rings is 1. The standard InChI is InChI=1S/C24H33N3O3/c1-30-23(29)20-4-2-3-5-21(20)25-22(28)16-26-6-8-27(9-7-26)24-13-17-10-18(14-24)12-19(11-17)15-24/h2-5,17-19H,6-16H2,1H3,(H,25,28)/p+2. The summed E-state index contributed by atoms with van der Waals surface area (Å²) in [7, 11) is 1.36.